The summed E-state index contributed by atoms with van der Waals surface area (Å²) in [5, 5.41) is 0. The minimum absolute atomic E-state index is 0.149. The molecule has 0 radical (unpaired) electrons. The van der Waals surface area contributed by atoms with Gasteiger partial charge in [-0.1, -0.05) is 0 Å². The van der Waals surface area contributed by atoms with Crippen molar-refractivity contribution in [3.05, 3.63) is 80.8 Å². The summed E-state index contributed by atoms with van der Waals surface area (Å²) in [5.41, 5.74) is 1.67. The van der Waals surface area contributed by atoms with Gasteiger partial charge in [-0.3, -0.25) is 0 Å². The fourth-order valence-electron chi connectivity index (χ4n) is 2.12. The van der Waals surface area contributed by atoms with Crippen molar-refractivity contribution in [2.45, 2.75) is 12.8 Å². The Morgan fingerprint density at radius 2 is 1.89 bits per heavy atom. The maximum atomic E-state index is 12.5. The molecule has 1 nitrogen and oxygen atoms in total. The molecule has 0 unspecified atom stereocenters. The second-order valence-electron chi connectivity index (χ2n) is 4.42. The van der Waals surface area contributed by atoms with Gasteiger partial charge in [0.25, 0.3) is 0 Å². The molecule has 19 heavy (non-hydrogen) atoms. The molecule has 0 aliphatic heterocycles. The number of ketones is 1. The third kappa shape index (κ3) is 2.70. The molecule has 0 atom stereocenters. The van der Waals surface area contributed by atoms with Crippen LogP contribution in [-0.4, -0.2) is 5.78 Å². The first-order valence-electron chi connectivity index (χ1n) is 6.32. The van der Waals surface area contributed by atoms with Gasteiger partial charge < -0.3 is 0 Å². The number of carbonyl (C=O) groups excluding carboxylic acids is 1. The normalized spacial score (nSPS) is 17.4. The van der Waals surface area contributed by atoms with Crippen LogP contribution in [-0.2, 0) is 15.0 Å². The number of benzene rings is 1. The predicted octanol–water partition coefficient (Wildman–Crippen LogP) is 4.01. The van der Waals surface area contributed by atoms with E-state index in [1.54, 1.807) is 0 Å². The average Bonchev–Trinajstić information content (AvgIpc) is 3.11. The third-order valence-corrected chi connectivity index (χ3v) is 4.70. The number of hydrogen-bond acceptors (Lipinski definition) is 1. The van der Waals surface area contributed by atoms with Gasteiger partial charge >= 0.3 is 119 Å². The molecule has 2 aliphatic rings. The predicted molar refractivity (Wildman–Crippen MR) is 73.4 cm³/mol. The van der Waals surface area contributed by atoms with E-state index in [1.807, 2.05) is 36.4 Å². The molecular weight excluding hydrogens is 276 g/mol. The quantitative estimate of drug-likeness (QED) is 0.605. The van der Waals surface area contributed by atoms with Crippen LogP contribution in [0.4, 0.5) is 0 Å². The van der Waals surface area contributed by atoms with E-state index >= 15 is 0 Å². The van der Waals surface area contributed by atoms with Gasteiger partial charge in [0.1, 0.15) is 0 Å². The summed E-state index contributed by atoms with van der Waals surface area (Å²) in [7, 11) is 0. The van der Waals surface area contributed by atoms with Gasteiger partial charge in [-0.25, -0.2) is 0 Å². The Hall–Kier alpha value is -1.63. The molecular formula is C17H14FeO. The zero-order valence-corrected chi connectivity index (χ0v) is 11.6. The number of carbonyl (C=O) groups is 1. The standard InChI is InChI=1S/C12H9O.C5H5.Fe/c13-12(11-8-4-5-9-11)10-6-2-1-3-7-10;1-2-4-5-3-1;/h1-4,6-8H,5H2;1-3H,4H2;. The Labute approximate surface area is 119 Å². The molecule has 0 N–H and O–H groups in total. The molecule has 2 aliphatic carbocycles. The van der Waals surface area contributed by atoms with Crippen LogP contribution in [0.2, 0.25) is 0 Å². The molecule has 0 aromatic heterocycles. The van der Waals surface area contributed by atoms with Crippen molar-refractivity contribution in [3.8, 4) is 0 Å². The molecule has 3 rings (SSSR count). The van der Waals surface area contributed by atoms with Crippen LogP contribution in [0.15, 0.2) is 75.2 Å². The zero-order valence-electron chi connectivity index (χ0n) is 10.4. The Morgan fingerprint density at radius 3 is 2.63 bits per heavy atom. The summed E-state index contributed by atoms with van der Waals surface area (Å²) in [6, 6.07) is 9.53. The second-order valence-corrected chi connectivity index (χ2v) is 6.08. The Kier molecular flexibility index (Phi) is 3.63. The molecule has 0 bridgehead atoms. The number of hydrogen-bond donors (Lipinski definition) is 0. The molecule has 0 amide bonds. The minimum atomic E-state index is 0.149. The molecule has 1 aromatic rings. The van der Waals surface area contributed by atoms with E-state index in [0.29, 0.717) is 0 Å². The van der Waals surface area contributed by atoms with E-state index in [0.717, 1.165) is 38.9 Å². The first kappa shape index (κ1) is 12.4. The number of Topliss-reactive ketones (excluding diaryl/α,β-unsaturated/α-hetero) is 1. The van der Waals surface area contributed by atoms with E-state index in [-0.39, 0.29) is 5.78 Å². The molecule has 0 saturated heterocycles. The van der Waals surface area contributed by atoms with Gasteiger partial charge in [-0.05, 0) is 0 Å². The van der Waals surface area contributed by atoms with Crippen molar-refractivity contribution in [1.29, 1.82) is 0 Å². The van der Waals surface area contributed by atoms with E-state index < -0.39 is 0 Å². The number of rotatable bonds is 4. The van der Waals surface area contributed by atoms with Gasteiger partial charge in [-0.2, -0.15) is 0 Å². The fourth-order valence-corrected chi connectivity index (χ4v) is 3.60. The monoisotopic (exact) mass is 290 g/mol. The van der Waals surface area contributed by atoms with Crippen molar-refractivity contribution in [2.75, 3.05) is 0 Å². The van der Waals surface area contributed by atoms with E-state index in [4.69, 9.17) is 0 Å². The first-order valence-corrected chi connectivity index (χ1v) is 7.42. The van der Waals surface area contributed by atoms with Crippen molar-refractivity contribution < 1.29 is 19.8 Å². The third-order valence-electron chi connectivity index (χ3n) is 3.08. The Bertz CT molecular complexity index is 618. The molecule has 0 saturated carbocycles. The first-order chi connectivity index (χ1) is 9.34. The summed E-state index contributed by atoms with van der Waals surface area (Å²) in [6.07, 6.45) is 12.4. The Morgan fingerprint density at radius 1 is 1.05 bits per heavy atom. The maximum absolute atomic E-state index is 12.5. The van der Waals surface area contributed by atoms with Gasteiger partial charge in [0.2, 0.25) is 0 Å². The van der Waals surface area contributed by atoms with Crippen LogP contribution in [0, 0.1) is 0 Å². The zero-order chi connectivity index (χ0) is 13.1. The van der Waals surface area contributed by atoms with Crippen LogP contribution < -0.4 is 0 Å². The summed E-state index contributed by atoms with van der Waals surface area (Å²) in [4.78, 5) is 12.5. The van der Waals surface area contributed by atoms with Gasteiger partial charge in [-0.15, -0.1) is 0 Å². The van der Waals surface area contributed by atoms with E-state index in [2.05, 4.69) is 24.3 Å². The number of allylic oxidation sites excluding steroid dienone is 8. The molecule has 0 fully saturated rings. The average molecular weight is 290 g/mol. The van der Waals surface area contributed by atoms with Gasteiger partial charge in [0.15, 0.2) is 0 Å². The van der Waals surface area contributed by atoms with Crippen molar-refractivity contribution in [3.63, 3.8) is 0 Å². The second kappa shape index (κ2) is 5.56. The fraction of sp³-hybridized carbons (Fsp3) is 0.118. The van der Waals surface area contributed by atoms with Crippen molar-refractivity contribution in [1.82, 2.24) is 0 Å². The molecule has 2 heteroatoms. The van der Waals surface area contributed by atoms with E-state index in [1.165, 1.54) is 8.94 Å². The van der Waals surface area contributed by atoms with Gasteiger partial charge in [0.05, 0.1) is 0 Å². The summed E-state index contributed by atoms with van der Waals surface area (Å²) >= 11 is 0.925. The Balaban J connectivity index is 1.84. The topological polar surface area (TPSA) is 17.1 Å². The van der Waals surface area contributed by atoms with Gasteiger partial charge in [0, 0.05) is 0 Å². The van der Waals surface area contributed by atoms with Crippen molar-refractivity contribution >= 4 is 5.78 Å². The van der Waals surface area contributed by atoms with Crippen LogP contribution >= 0.6 is 0 Å². The van der Waals surface area contributed by atoms with E-state index in [9.17, 15) is 4.79 Å². The van der Waals surface area contributed by atoms with Crippen LogP contribution in [0.25, 0.3) is 0 Å². The van der Waals surface area contributed by atoms with Crippen LogP contribution in [0.1, 0.15) is 23.2 Å². The molecule has 96 valence electrons. The SMILES string of the molecule is O=C(C1=[C]([Fe][C]2=CC=CC2)CC=C1)c1ccccc1. The molecule has 0 heterocycles. The van der Waals surface area contributed by atoms with Crippen molar-refractivity contribution in [2.24, 2.45) is 0 Å². The summed E-state index contributed by atoms with van der Waals surface area (Å²) < 4.78 is 2.65. The molecule has 1 aromatic carbocycles. The molecule has 0 spiro atoms. The summed E-state index contributed by atoms with van der Waals surface area (Å²) in [5.74, 6) is 0.149. The van der Waals surface area contributed by atoms with Crippen LogP contribution in [0.5, 0.6) is 0 Å². The summed E-state index contributed by atoms with van der Waals surface area (Å²) in [6.45, 7) is 0. The van der Waals surface area contributed by atoms with Crippen LogP contribution in [0.3, 0.4) is 0 Å².